The number of nitrogens with one attached hydrogen (secondary N) is 1. The van der Waals surface area contributed by atoms with Crippen LogP contribution >= 0.6 is 0 Å². The van der Waals surface area contributed by atoms with Crippen LogP contribution in [0.3, 0.4) is 0 Å². The van der Waals surface area contributed by atoms with Gasteiger partial charge in [-0.25, -0.2) is 8.78 Å². The first-order valence-electron chi connectivity index (χ1n) is 7.92. The fourth-order valence-electron chi connectivity index (χ4n) is 2.36. The Morgan fingerprint density at radius 1 is 1.00 bits per heavy atom. The summed E-state index contributed by atoms with van der Waals surface area (Å²) in [6.07, 6.45) is -0.0785. The maximum absolute atomic E-state index is 13.6. The van der Waals surface area contributed by atoms with Crippen LogP contribution in [0, 0.1) is 11.6 Å². The van der Waals surface area contributed by atoms with Crippen molar-refractivity contribution in [2.24, 2.45) is 0 Å². The zero-order valence-corrected chi connectivity index (χ0v) is 14.4. The van der Waals surface area contributed by atoms with Crippen LogP contribution < -0.4 is 10.2 Å². The summed E-state index contributed by atoms with van der Waals surface area (Å²) in [6.45, 7) is 2.87. The van der Waals surface area contributed by atoms with E-state index in [0.717, 1.165) is 12.1 Å². The summed E-state index contributed by atoms with van der Waals surface area (Å²) in [6, 6.07) is 9.28. The normalized spacial score (nSPS) is 10.3. The van der Waals surface area contributed by atoms with Crippen LogP contribution in [0.25, 0.3) is 0 Å². The Morgan fingerprint density at radius 3 is 2.19 bits per heavy atom. The van der Waals surface area contributed by atoms with Crippen LogP contribution in [-0.4, -0.2) is 24.1 Å². The zero-order valence-electron chi connectivity index (χ0n) is 14.4. The van der Waals surface area contributed by atoms with E-state index < -0.39 is 17.5 Å². The van der Waals surface area contributed by atoms with Crippen LogP contribution in [0.4, 0.5) is 20.2 Å². The monoisotopic (exact) mass is 360 g/mol. The van der Waals surface area contributed by atoms with Crippen LogP contribution in [-0.2, 0) is 9.59 Å². The van der Waals surface area contributed by atoms with Gasteiger partial charge in [-0.3, -0.25) is 14.4 Å². The highest BCUT2D eigenvalue weighted by Gasteiger charge is 2.15. The average Bonchev–Trinajstić information content (AvgIpc) is 2.57. The molecule has 2 amide bonds. The van der Waals surface area contributed by atoms with Crippen molar-refractivity contribution in [1.82, 2.24) is 0 Å². The first-order valence-corrected chi connectivity index (χ1v) is 7.92. The predicted molar refractivity (Wildman–Crippen MR) is 94.1 cm³/mol. The molecule has 0 bridgehead atoms. The highest BCUT2D eigenvalue weighted by Crippen LogP contribution is 2.18. The summed E-state index contributed by atoms with van der Waals surface area (Å²) in [7, 11) is 0. The number of hydrogen-bond acceptors (Lipinski definition) is 3. The number of carbonyl (C=O) groups excluding carboxylic acids is 3. The van der Waals surface area contributed by atoms with Gasteiger partial charge in [0.15, 0.2) is 5.78 Å². The van der Waals surface area contributed by atoms with E-state index in [1.54, 1.807) is 24.3 Å². The lowest BCUT2D eigenvalue weighted by atomic mass is 10.1. The van der Waals surface area contributed by atoms with Gasteiger partial charge >= 0.3 is 0 Å². The van der Waals surface area contributed by atoms with Crippen molar-refractivity contribution in [3.05, 3.63) is 59.7 Å². The SMILES string of the molecule is CC(=O)c1ccc(N(CCC(=O)Nc2ccc(F)cc2F)C(C)=O)cc1. The van der Waals surface area contributed by atoms with Gasteiger partial charge in [-0.05, 0) is 43.3 Å². The third-order valence-electron chi connectivity index (χ3n) is 3.73. The van der Waals surface area contributed by atoms with E-state index >= 15 is 0 Å². The number of rotatable bonds is 6. The van der Waals surface area contributed by atoms with Crippen LogP contribution in [0.1, 0.15) is 30.6 Å². The van der Waals surface area contributed by atoms with E-state index in [9.17, 15) is 23.2 Å². The molecule has 0 heterocycles. The van der Waals surface area contributed by atoms with E-state index in [0.29, 0.717) is 17.3 Å². The van der Waals surface area contributed by atoms with Crippen molar-refractivity contribution >= 4 is 29.0 Å². The maximum atomic E-state index is 13.6. The number of halogens is 2. The molecule has 0 atom stereocenters. The van der Waals surface area contributed by atoms with Gasteiger partial charge in [0.05, 0.1) is 5.69 Å². The minimum absolute atomic E-state index is 0.0728. The lowest BCUT2D eigenvalue weighted by molar-refractivity contribution is -0.117. The number of Topliss-reactive ketones (excluding diaryl/α,β-unsaturated/α-hetero) is 1. The molecule has 0 spiro atoms. The van der Waals surface area contributed by atoms with Gasteiger partial charge in [-0.2, -0.15) is 0 Å². The van der Waals surface area contributed by atoms with Crippen molar-refractivity contribution in [1.29, 1.82) is 0 Å². The Morgan fingerprint density at radius 2 is 1.65 bits per heavy atom. The molecule has 0 aliphatic heterocycles. The molecule has 1 N–H and O–H groups in total. The fourth-order valence-corrected chi connectivity index (χ4v) is 2.36. The lowest BCUT2D eigenvalue weighted by Gasteiger charge is -2.21. The first-order chi connectivity index (χ1) is 12.3. The molecule has 0 fully saturated rings. The maximum Gasteiger partial charge on any atom is 0.226 e. The predicted octanol–water partition coefficient (Wildman–Crippen LogP) is 3.55. The molecular weight excluding hydrogens is 342 g/mol. The summed E-state index contributed by atoms with van der Waals surface area (Å²) in [5, 5.41) is 2.34. The van der Waals surface area contributed by atoms with Gasteiger partial charge in [-0.1, -0.05) is 0 Å². The number of ketones is 1. The smallest absolute Gasteiger partial charge is 0.226 e. The largest absolute Gasteiger partial charge is 0.324 e. The number of benzene rings is 2. The third kappa shape index (κ3) is 4.95. The summed E-state index contributed by atoms with van der Waals surface area (Å²) in [5.74, 6) is -2.49. The highest BCUT2D eigenvalue weighted by molar-refractivity contribution is 5.97. The summed E-state index contributed by atoms with van der Waals surface area (Å²) < 4.78 is 26.4. The lowest BCUT2D eigenvalue weighted by Crippen LogP contribution is -2.32. The molecule has 5 nitrogen and oxygen atoms in total. The van der Waals surface area contributed by atoms with Gasteiger partial charge in [0.2, 0.25) is 11.8 Å². The van der Waals surface area contributed by atoms with Crippen molar-refractivity contribution in [3.8, 4) is 0 Å². The quantitative estimate of drug-likeness (QED) is 0.801. The van der Waals surface area contributed by atoms with Crippen molar-refractivity contribution < 1.29 is 23.2 Å². The van der Waals surface area contributed by atoms with Gasteiger partial charge in [0.1, 0.15) is 11.6 Å². The van der Waals surface area contributed by atoms with Crippen LogP contribution in [0.2, 0.25) is 0 Å². The molecule has 2 aromatic carbocycles. The standard InChI is InChI=1S/C19H18F2N2O3/c1-12(24)14-3-6-16(7-4-14)23(13(2)25)10-9-19(26)22-18-8-5-15(20)11-17(18)21/h3-8,11H,9-10H2,1-2H3,(H,22,26). The van der Waals surface area contributed by atoms with Gasteiger partial charge < -0.3 is 10.2 Å². The average molecular weight is 360 g/mol. The summed E-state index contributed by atoms with van der Waals surface area (Å²) in [4.78, 5) is 36.5. The molecular formula is C19H18F2N2O3. The van der Waals surface area contributed by atoms with E-state index in [1.165, 1.54) is 18.7 Å². The van der Waals surface area contributed by atoms with Crippen LogP contribution in [0.15, 0.2) is 42.5 Å². The second kappa shape index (κ2) is 8.33. The highest BCUT2D eigenvalue weighted by atomic mass is 19.1. The topological polar surface area (TPSA) is 66.5 Å². The zero-order chi connectivity index (χ0) is 19.3. The van der Waals surface area contributed by atoms with Gasteiger partial charge in [-0.15, -0.1) is 0 Å². The molecule has 136 valence electrons. The van der Waals surface area contributed by atoms with Crippen molar-refractivity contribution in [3.63, 3.8) is 0 Å². The number of amides is 2. The second-order valence-electron chi connectivity index (χ2n) is 5.70. The minimum atomic E-state index is -0.874. The second-order valence-corrected chi connectivity index (χ2v) is 5.70. The molecule has 2 aromatic rings. The number of nitrogens with zero attached hydrogens (tertiary/aromatic N) is 1. The molecule has 26 heavy (non-hydrogen) atoms. The van der Waals surface area contributed by atoms with Crippen molar-refractivity contribution in [2.45, 2.75) is 20.3 Å². The van der Waals surface area contributed by atoms with E-state index in [4.69, 9.17) is 0 Å². The fraction of sp³-hybridized carbons (Fsp3) is 0.211. The molecule has 0 aliphatic rings. The molecule has 2 rings (SSSR count). The van der Waals surface area contributed by atoms with Crippen molar-refractivity contribution in [2.75, 3.05) is 16.8 Å². The summed E-state index contributed by atoms with van der Waals surface area (Å²) in [5.41, 5.74) is 0.932. The summed E-state index contributed by atoms with van der Waals surface area (Å²) >= 11 is 0. The molecule has 0 unspecified atom stereocenters. The Balaban J connectivity index is 2.02. The first kappa shape index (κ1) is 19.2. The molecule has 0 radical (unpaired) electrons. The molecule has 0 saturated heterocycles. The van der Waals surface area contributed by atoms with E-state index in [1.807, 2.05) is 0 Å². The van der Waals surface area contributed by atoms with Gasteiger partial charge in [0.25, 0.3) is 0 Å². The Hall–Kier alpha value is -3.09. The molecule has 0 aromatic heterocycles. The third-order valence-corrected chi connectivity index (χ3v) is 3.73. The van der Waals surface area contributed by atoms with E-state index in [-0.39, 0.29) is 30.3 Å². The molecule has 0 saturated carbocycles. The Labute approximate surface area is 149 Å². The minimum Gasteiger partial charge on any atom is -0.324 e. The number of anilines is 2. The molecule has 7 heteroatoms. The van der Waals surface area contributed by atoms with Crippen LogP contribution in [0.5, 0.6) is 0 Å². The number of hydrogen-bond donors (Lipinski definition) is 1. The number of carbonyl (C=O) groups is 3. The Bertz CT molecular complexity index is 835. The molecule has 0 aliphatic carbocycles. The van der Waals surface area contributed by atoms with E-state index in [2.05, 4.69) is 5.32 Å². The Kier molecular flexibility index (Phi) is 6.16. The van der Waals surface area contributed by atoms with Gasteiger partial charge in [0, 0.05) is 37.2 Å².